The molecule has 0 spiro atoms. The maximum Gasteiger partial charge on any atom is 0.254 e. The normalized spacial score (nSPS) is 19.4. The lowest BCUT2D eigenvalue weighted by atomic mass is 10.0. The van der Waals surface area contributed by atoms with Crippen molar-refractivity contribution in [3.8, 4) is 11.1 Å². The molecule has 28 heavy (non-hydrogen) atoms. The number of amides is 1. The maximum atomic E-state index is 14.6. The number of hydrogen-bond acceptors (Lipinski definition) is 3. The van der Waals surface area contributed by atoms with Crippen LogP contribution in [0.4, 0.5) is 4.39 Å². The lowest BCUT2D eigenvalue weighted by Crippen LogP contribution is -2.42. The summed E-state index contributed by atoms with van der Waals surface area (Å²) in [5.74, 6) is -0.413. The first-order valence-electron chi connectivity index (χ1n) is 10.5. The second-order valence-electron chi connectivity index (χ2n) is 7.23. The van der Waals surface area contributed by atoms with E-state index in [2.05, 4.69) is 9.88 Å². The van der Waals surface area contributed by atoms with E-state index in [4.69, 9.17) is 0 Å². The molecule has 4 rings (SSSR count). The standard InChI is InChI=1S/C21H24FN3O.C2H6/c22-20-14-17(5-6-19(20)16-7-9-23-10-8-16)21(26)25-13-3-4-18(25)15-24-11-1-2-12-24;1-2/h5-10,14,18H,1-4,11-13,15H2;1-2H3. The summed E-state index contributed by atoms with van der Waals surface area (Å²) in [6, 6.07) is 8.61. The van der Waals surface area contributed by atoms with Crippen LogP contribution >= 0.6 is 0 Å². The molecule has 0 radical (unpaired) electrons. The van der Waals surface area contributed by atoms with Crippen molar-refractivity contribution in [3.63, 3.8) is 0 Å². The highest BCUT2D eigenvalue weighted by Crippen LogP contribution is 2.26. The van der Waals surface area contributed by atoms with Gasteiger partial charge in [0.05, 0.1) is 0 Å². The Morgan fingerprint density at radius 2 is 1.79 bits per heavy atom. The van der Waals surface area contributed by atoms with Crippen LogP contribution in [-0.2, 0) is 0 Å². The highest BCUT2D eigenvalue weighted by Gasteiger charge is 2.31. The Labute approximate surface area is 167 Å². The SMILES string of the molecule is CC.O=C(c1ccc(-c2ccncc2)c(F)c1)N1CCCC1CN1CCCC1. The molecule has 0 bridgehead atoms. The summed E-state index contributed by atoms with van der Waals surface area (Å²) in [7, 11) is 0. The van der Waals surface area contributed by atoms with Crippen molar-refractivity contribution >= 4 is 5.91 Å². The zero-order valence-electron chi connectivity index (χ0n) is 16.9. The number of aromatic nitrogens is 1. The fourth-order valence-corrected chi connectivity index (χ4v) is 4.14. The average Bonchev–Trinajstić information content (AvgIpc) is 3.42. The largest absolute Gasteiger partial charge is 0.334 e. The molecule has 5 heteroatoms. The van der Waals surface area contributed by atoms with E-state index in [0.29, 0.717) is 11.1 Å². The monoisotopic (exact) mass is 383 g/mol. The van der Waals surface area contributed by atoms with Crippen molar-refractivity contribution in [2.45, 2.75) is 45.6 Å². The van der Waals surface area contributed by atoms with Crippen LogP contribution in [0.1, 0.15) is 49.9 Å². The number of carbonyl (C=O) groups excluding carboxylic acids is 1. The van der Waals surface area contributed by atoms with Gasteiger partial charge in [-0.1, -0.05) is 19.9 Å². The van der Waals surface area contributed by atoms with Gasteiger partial charge in [0.2, 0.25) is 0 Å². The lowest BCUT2D eigenvalue weighted by molar-refractivity contribution is 0.0708. The van der Waals surface area contributed by atoms with Crippen LogP contribution in [-0.4, -0.2) is 52.9 Å². The summed E-state index contributed by atoms with van der Waals surface area (Å²) in [4.78, 5) is 21.3. The predicted molar refractivity (Wildman–Crippen MR) is 111 cm³/mol. The van der Waals surface area contributed by atoms with Gasteiger partial charge in [0.15, 0.2) is 0 Å². The lowest BCUT2D eigenvalue weighted by Gasteiger charge is -2.28. The van der Waals surface area contributed by atoms with Gasteiger partial charge in [-0.25, -0.2) is 4.39 Å². The van der Waals surface area contributed by atoms with Crippen molar-refractivity contribution in [1.29, 1.82) is 0 Å². The number of hydrogen-bond donors (Lipinski definition) is 0. The molecular formula is C23H30FN3O. The number of rotatable bonds is 4. The molecule has 0 aliphatic carbocycles. The van der Waals surface area contributed by atoms with E-state index in [0.717, 1.165) is 44.6 Å². The first kappa shape index (κ1) is 20.5. The average molecular weight is 384 g/mol. The second-order valence-corrected chi connectivity index (χ2v) is 7.23. The topological polar surface area (TPSA) is 36.4 Å². The Hall–Kier alpha value is -2.27. The van der Waals surface area contributed by atoms with Crippen molar-refractivity contribution < 1.29 is 9.18 Å². The molecule has 150 valence electrons. The summed E-state index contributed by atoms with van der Waals surface area (Å²) in [6.07, 6.45) is 7.86. The third-order valence-corrected chi connectivity index (χ3v) is 5.51. The minimum atomic E-state index is -0.364. The number of nitrogens with zero attached hydrogens (tertiary/aromatic N) is 3. The van der Waals surface area contributed by atoms with Crippen molar-refractivity contribution in [2.75, 3.05) is 26.2 Å². The van der Waals surface area contributed by atoms with Gasteiger partial charge in [0, 0.05) is 42.7 Å². The Balaban J connectivity index is 0.00000109. The minimum Gasteiger partial charge on any atom is -0.334 e. The quantitative estimate of drug-likeness (QED) is 0.773. The van der Waals surface area contributed by atoms with Crippen molar-refractivity contribution in [2.24, 2.45) is 0 Å². The van der Waals surface area contributed by atoms with Crippen LogP contribution in [0.2, 0.25) is 0 Å². The summed E-state index contributed by atoms with van der Waals surface area (Å²) >= 11 is 0. The van der Waals surface area contributed by atoms with Crippen LogP contribution < -0.4 is 0 Å². The highest BCUT2D eigenvalue weighted by molar-refractivity contribution is 5.95. The number of carbonyl (C=O) groups is 1. The highest BCUT2D eigenvalue weighted by atomic mass is 19.1. The van der Waals surface area contributed by atoms with Gasteiger partial charge in [-0.3, -0.25) is 9.78 Å². The van der Waals surface area contributed by atoms with E-state index in [1.54, 1.807) is 36.7 Å². The summed E-state index contributed by atoms with van der Waals surface area (Å²) in [5.41, 5.74) is 1.71. The number of pyridine rings is 1. The van der Waals surface area contributed by atoms with E-state index in [1.807, 2.05) is 18.7 Å². The van der Waals surface area contributed by atoms with E-state index >= 15 is 0 Å². The fraction of sp³-hybridized carbons (Fsp3) is 0.478. The smallest absolute Gasteiger partial charge is 0.254 e. The molecule has 2 saturated heterocycles. The van der Waals surface area contributed by atoms with Crippen molar-refractivity contribution in [1.82, 2.24) is 14.8 Å². The van der Waals surface area contributed by atoms with Gasteiger partial charge in [-0.2, -0.15) is 0 Å². The Morgan fingerprint density at radius 3 is 2.46 bits per heavy atom. The van der Waals surface area contributed by atoms with Crippen LogP contribution in [0.25, 0.3) is 11.1 Å². The summed E-state index contributed by atoms with van der Waals surface area (Å²) < 4.78 is 14.6. The molecular weight excluding hydrogens is 353 g/mol. The fourth-order valence-electron chi connectivity index (χ4n) is 4.14. The summed E-state index contributed by atoms with van der Waals surface area (Å²) in [5, 5.41) is 0. The molecule has 1 unspecified atom stereocenters. The van der Waals surface area contributed by atoms with Crippen LogP contribution in [0.3, 0.4) is 0 Å². The molecule has 0 saturated carbocycles. The molecule has 1 amide bonds. The number of halogens is 1. The zero-order chi connectivity index (χ0) is 19.9. The van der Waals surface area contributed by atoms with Gasteiger partial charge in [-0.15, -0.1) is 0 Å². The molecule has 2 aliphatic heterocycles. The third kappa shape index (κ3) is 4.58. The summed E-state index contributed by atoms with van der Waals surface area (Å²) in [6.45, 7) is 7.98. The van der Waals surface area contributed by atoms with Crippen molar-refractivity contribution in [3.05, 3.63) is 54.1 Å². The Kier molecular flexibility index (Phi) is 7.15. The Bertz CT molecular complexity index is 775. The molecule has 4 nitrogen and oxygen atoms in total. The molecule has 1 atom stereocenters. The second kappa shape index (κ2) is 9.78. The van der Waals surface area contributed by atoms with Crippen LogP contribution in [0.5, 0.6) is 0 Å². The van der Waals surface area contributed by atoms with E-state index in [1.165, 1.54) is 18.9 Å². The van der Waals surface area contributed by atoms with Gasteiger partial charge < -0.3 is 9.80 Å². The van der Waals surface area contributed by atoms with E-state index < -0.39 is 0 Å². The number of benzene rings is 1. The van der Waals surface area contributed by atoms with Gasteiger partial charge >= 0.3 is 0 Å². The first-order chi connectivity index (χ1) is 13.7. The Morgan fingerprint density at radius 1 is 1.07 bits per heavy atom. The first-order valence-corrected chi connectivity index (χ1v) is 10.5. The number of likely N-dealkylation sites (tertiary alicyclic amines) is 2. The van der Waals surface area contributed by atoms with Gasteiger partial charge in [-0.05, 0) is 68.6 Å². The van der Waals surface area contributed by atoms with E-state index in [-0.39, 0.29) is 17.8 Å². The van der Waals surface area contributed by atoms with Gasteiger partial charge in [0.25, 0.3) is 5.91 Å². The minimum absolute atomic E-state index is 0.0492. The van der Waals surface area contributed by atoms with Crippen LogP contribution in [0, 0.1) is 5.82 Å². The molecule has 1 aromatic carbocycles. The third-order valence-electron chi connectivity index (χ3n) is 5.51. The maximum absolute atomic E-state index is 14.6. The van der Waals surface area contributed by atoms with Crippen LogP contribution in [0.15, 0.2) is 42.7 Å². The zero-order valence-corrected chi connectivity index (χ0v) is 16.9. The predicted octanol–water partition coefficient (Wildman–Crippen LogP) is 4.61. The van der Waals surface area contributed by atoms with E-state index in [9.17, 15) is 9.18 Å². The molecule has 1 aromatic heterocycles. The molecule has 0 N–H and O–H groups in total. The van der Waals surface area contributed by atoms with Gasteiger partial charge in [0.1, 0.15) is 5.82 Å². The molecule has 2 aliphatic rings. The molecule has 3 heterocycles. The molecule has 2 aromatic rings. The molecule has 2 fully saturated rings.